The second-order valence-electron chi connectivity index (χ2n) is 5.08. The number of nitrogens with zero attached hydrogens (tertiary/aromatic N) is 1. The number of amides is 2. The second kappa shape index (κ2) is 6.17. The SMILES string of the molecule is Cc1ccnc(NC(=O)NC(C)(C)CCC(=O)O)c1. The third-order valence-corrected chi connectivity index (χ3v) is 2.57. The summed E-state index contributed by atoms with van der Waals surface area (Å²) >= 11 is 0. The molecule has 0 spiro atoms. The Morgan fingerprint density at radius 1 is 1.42 bits per heavy atom. The fourth-order valence-corrected chi connectivity index (χ4v) is 1.54. The molecule has 0 atom stereocenters. The van der Waals surface area contributed by atoms with E-state index in [4.69, 9.17) is 5.11 Å². The van der Waals surface area contributed by atoms with Crippen molar-refractivity contribution in [3.63, 3.8) is 0 Å². The number of nitrogens with one attached hydrogen (secondary N) is 2. The number of carbonyl (C=O) groups excluding carboxylic acids is 1. The van der Waals surface area contributed by atoms with E-state index in [1.165, 1.54) is 0 Å². The van der Waals surface area contributed by atoms with Gasteiger partial charge in [-0.05, 0) is 44.9 Å². The molecule has 6 heteroatoms. The summed E-state index contributed by atoms with van der Waals surface area (Å²) in [5.41, 5.74) is 0.405. The van der Waals surface area contributed by atoms with Crippen LogP contribution in [0.15, 0.2) is 18.3 Å². The van der Waals surface area contributed by atoms with Crippen LogP contribution in [-0.2, 0) is 4.79 Å². The standard InChI is InChI=1S/C13H19N3O3/c1-9-5-7-14-10(8-9)15-12(19)16-13(2,3)6-4-11(17)18/h5,7-8H,4,6H2,1-3H3,(H,17,18)(H2,14,15,16,19). The maximum Gasteiger partial charge on any atom is 0.320 e. The molecule has 19 heavy (non-hydrogen) atoms. The zero-order chi connectivity index (χ0) is 14.5. The molecule has 2 amide bonds. The molecule has 0 saturated heterocycles. The van der Waals surface area contributed by atoms with E-state index in [0.29, 0.717) is 12.2 Å². The van der Waals surface area contributed by atoms with E-state index in [9.17, 15) is 9.59 Å². The summed E-state index contributed by atoms with van der Waals surface area (Å²) in [6.45, 7) is 5.46. The van der Waals surface area contributed by atoms with Crippen LogP contribution in [0.5, 0.6) is 0 Å². The summed E-state index contributed by atoms with van der Waals surface area (Å²) < 4.78 is 0. The fraction of sp³-hybridized carbons (Fsp3) is 0.462. The number of anilines is 1. The number of aryl methyl sites for hydroxylation is 1. The maximum absolute atomic E-state index is 11.8. The molecule has 0 aliphatic rings. The maximum atomic E-state index is 11.8. The van der Waals surface area contributed by atoms with Gasteiger partial charge in [0.25, 0.3) is 0 Å². The van der Waals surface area contributed by atoms with Gasteiger partial charge in [-0.15, -0.1) is 0 Å². The first-order valence-corrected chi connectivity index (χ1v) is 6.02. The average molecular weight is 265 g/mol. The van der Waals surface area contributed by atoms with Crippen LogP contribution in [0.2, 0.25) is 0 Å². The lowest BCUT2D eigenvalue weighted by atomic mass is 9.99. The number of aromatic nitrogens is 1. The third kappa shape index (κ3) is 5.85. The van der Waals surface area contributed by atoms with E-state index in [1.54, 1.807) is 26.1 Å². The summed E-state index contributed by atoms with van der Waals surface area (Å²) in [5.74, 6) is -0.415. The smallest absolute Gasteiger partial charge is 0.320 e. The Kier molecular flexibility index (Phi) is 4.86. The van der Waals surface area contributed by atoms with Gasteiger partial charge in [-0.1, -0.05) is 0 Å². The minimum atomic E-state index is -0.879. The Labute approximate surface area is 112 Å². The average Bonchev–Trinajstić information content (AvgIpc) is 2.25. The summed E-state index contributed by atoms with van der Waals surface area (Å²) in [4.78, 5) is 26.3. The van der Waals surface area contributed by atoms with Crippen LogP contribution >= 0.6 is 0 Å². The van der Waals surface area contributed by atoms with Crippen LogP contribution in [-0.4, -0.2) is 27.6 Å². The number of hydrogen-bond acceptors (Lipinski definition) is 3. The molecule has 0 bridgehead atoms. The van der Waals surface area contributed by atoms with E-state index in [0.717, 1.165) is 5.56 Å². The fourth-order valence-electron chi connectivity index (χ4n) is 1.54. The molecule has 6 nitrogen and oxygen atoms in total. The Morgan fingerprint density at radius 3 is 2.68 bits per heavy atom. The Bertz CT molecular complexity index is 472. The number of rotatable bonds is 5. The van der Waals surface area contributed by atoms with E-state index >= 15 is 0 Å². The highest BCUT2D eigenvalue weighted by Gasteiger charge is 2.21. The minimum absolute atomic E-state index is 0.00990. The molecule has 1 aromatic rings. The molecule has 1 heterocycles. The first-order valence-electron chi connectivity index (χ1n) is 6.02. The number of pyridine rings is 1. The molecule has 3 N–H and O–H groups in total. The normalized spacial score (nSPS) is 10.9. The molecular formula is C13H19N3O3. The molecule has 0 unspecified atom stereocenters. The lowest BCUT2D eigenvalue weighted by Gasteiger charge is -2.25. The highest BCUT2D eigenvalue weighted by atomic mass is 16.4. The lowest BCUT2D eigenvalue weighted by Crippen LogP contribution is -2.45. The quantitative estimate of drug-likeness (QED) is 0.760. The molecule has 0 radical (unpaired) electrons. The molecule has 104 valence electrons. The van der Waals surface area contributed by atoms with Crippen LogP contribution in [0.1, 0.15) is 32.3 Å². The van der Waals surface area contributed by atoms with Crippen LogP contribution in [0.4, 0.5) is 10.6 Å². The van der Waals surface area contributed by atoms with Crippen molar-refractivity contribution in [1.29, 1.82) is 0 Å². The number of carbonyl (C=O) groups is 2. The van der Waals surface area contributed by atoms with Crippen molar-refractivity contribution in [2.75, 3.05) is 5.32 Å². The molecule has 0 aromatic carbocycles. The summed E-state index contributed by atoms with van der Waals surface area (Å²) in [5, 5.41) is 14.0. The number of hydrogen-bond donors (Lipinski definition) is 3. The first-order chi connectivity index (χ1) is 8.78. The Morgan fingerprint density at radius 2 is 2.11 bits per heavy atom. The van der Waals surface area contributed by atoms with Crippen LogP contribution in [0.3, 0.4) is 0 Å². The van der Waals surface area contributed by atoms with Gasteiger partial charge in [0.05, 0.1) is 0 Å². The summed E-state index contributed by atoms with van der Waals surface area (Å²) in [7, 11) is 0. The lowest BCUT2D eigenvalue weighted by molar-refractivity contribution is -0.137. The zero-order valence-corrected chi connectivity index (χ0v) is 11.4. The van der Waals surface area contributed by atoms with Gasteiger partial charge in [-0.25, -0.2) is 9.78 Å². The molecular weight excluding hydrogens is 246 g/mol. The predicted octanol–water partition coefficient (Wildman–Crippen LogP) is 2.15. The van der Waals surface area contributed by atoms with E-state index < -0.39 is 17.5 Å². The third-order valence-electron chi connectivity index (χ3n) is 2.57. The van der Waals surface area contributed by atoms with Crippen LogP contribution in [0.25, 0.3) is 0 Å². The molecule has 1 rings (SSSR count). The Hall–Kier alpha value is -2.11. The zero-order valence-electron chi connectivity index (χ0n) is 11.4. The highest BCUT2D eigenvalue weighted by molar-refractivity contribution is 5.88. The Balaban J connectivity index is 2.52. The van der Waals surface area contributed by atoms with Crippen molar-refractivity contribution in [1.82, 2.24) is 10.3 Å². The topological polar surface area (TPSA) is 91.3 Å². The number of carboxylic acids is 1. The van der Waals surface area contributed by atoms with Crippen molar-refractivity contribution in [3.05, 3.63) is 23.9 Å². The number of urea groups is 1. The van der Waals surface area contributed by atoms with Crippen molar-refractivity contribution in [2.45, 2.75) is 39.2 Å². The van der Waals surface area contributed by atoms with Crippen LogP contribution in [0, 0.1) is 6.92 Å². The largest absolute Gasteiger partial charge is 0.481 e. The van der Waals surface area contributed by atoms with E-state index in [1.807, 2.05) is 13.0 Å². The molecule has 0 aliphatic carbocycles. The van der Waals surface area contributed by atoms with Gasteiger partial charge in [-0.2, -0.15) is 0 Å². The van der Waals surface area contributed by atoms with Crippen molar-refractivity contribution in [2.24, 2.45) is 0 Å². The van der Waals surface area contributed by atoms with Gasteiger partial charge in [-0.3, -0.25) is 10.1 Å². The number of carboxylic acid groups (broad SMARTS) is 1. The monoisotopic (exact) mass is 265 g/mol. The first kappa shape index (κ1) is 14.9. The highest BCUT2D eigenvalue weighted by Crippen LogP contribution is 2.12. The predicted molar refractivity (Wildman–Crippen MR) is 72.1 cm³/mol. The van der Waals surface area contributed by atoms with Gasteiger partial charge in [0, 0.05) is 18.2 Å². The summed E-state index contributed by atoms with van der Waals surface area (Å²) in [6, 6.07) is 3.19. The van der Waals surface area contributed by atoms with E-state index in [-0.39, 0.29) is 6.42 Å². The second-order valence-corrected chi connectivity index (χ2v) is 5.08. The van der Waals surface area contributed by atoms with E-state index in [2.05, 4.69) is 15.6 Å². The van der Waals surface area contributed by atoms with Gasteiger partial charge in [0.15, 0.2) is 0 Å². The van der Waals surface area contributed by atoms with Crippen molar-refractivity contribution < 1.29 is 14.7 Å². The van der Waals surface area contributed by atoms with Crippen LogP contribution < -0.4 is 10.6 Å². The molecule has 0 aliphatic heterocycles. The van der Waals surface area contributed by atoms with Gasteiger partial charge in [0.2, 0.25) is 0 Å². The molecule has 0 saturated carbocycles. The number of aliphatic carboxylic acids is 1. The minimum Gasteiger partial charge on any atom is -0.481 e. The van der Waals surface area contributed by atoms with Gasteiger partial charge in [0.1, 0.15) is 5.82 Å². The molecule has 1 aromatic heterocycles. The van der Waals surface area contributed by atoms with Gasteiger partial charge < -0.3 is 10.4 Å². The van der Waals surface area contributed by atoms with Crippen molar-refractivity contribution >= 4 is 17.8 Å². The molecule has 0 fully saturated rings. The summed E-state index contributed by atoms with van der Waals surface area (Å²) in [6.07, 6.45) is 1.98. The van der Waals surface area contributed by atoms with Crippen molar-refractivity contribution in [3.8, 4) is 0 Å². The van der Waals surface area contributed by atoms with Gasteiger partial charge >= 0.3 is 12.0 Å².